The molecule has 0 unspecified atom stereocenters. The Morgan fingerprint density at radius 3 is 2.56 bits per heavy atom. The Bertz CT molecular complexity index is 1340. The van der Waals surface area contributed by atoms with Gasteiger partial charge in [0.2, 0.25) is 9.84 Å². The van der Waals surface area contributed by atoms with Crippen LogP contribution in [-0.2, 0) is 16.4 Å². The maximum Gasteiger partial charge on any atom is 0.261 e. The summed E-state index contributed by atoms with van der Waals surface area (Å²) in [6, 6.07) is 15.2. The first kappa shape index (κ1) is 22.0. The molecule has 32 heavy (non-hydrogen) atoms. The number of aryl methyl sites for hydroxylation is 1. The number of ether oxygens (including phenoxy) is 1. The van der Waals surface area contributed by atoms with Crippen LogP contribution >= 0.6 is 11.3 Å². The van der Waals surface area contributed by atoms with Crippen LogP contribution in [0.2, 0.25) is 0 Å². The third-order valence-electron chi connectivity index (χ3n) is 4.98. The van der Waals surface area contributed by atoms with Crippen LogP contribution in [0.4, 0.5) is 0 Å². The molecule has 8 heteroatoms. The highest BCUT2D eigenvalue weighted by molar-refractivity contribution is 7.91. The van der Waals surface area contributed by atoms with Crippen LogP contribution in [0.3, 0.4) is 0 Å². The molecule has 0 spiro atoms. The van der Waals surface area contributed by atoms with E-state index in [4.69, 9.17) is 4.74 Å². The highest BCUT2D eigenvalue weighted by Gasteiger charge is 2.20. The van der Waals surface area contributed by atoms with Crippen molar-refractivity contribution in [3.05, 3.63) is 83.0 Å². The molecule has 0 fully saturated rings. The second-order valence-corrected chi connectivity index (χ2v) is 10.2. The number of nitrogens with zero attached hydrogens (tertiary/aromatic N) is 1. The number of aromatic nitrogens is 1. The third kappa shape index (κ3) is 4.51. The number of sulfone groups is 1. The number of hydrogen-bond donors (Lipinski definition) is 1. The Morgan fingerprint density at radius 1 is 1.09 bits per heavy atom. The SMILES string of the molecule is CCOc1ccc(S(=O)(=O)c2ccc(CNC(=O)c3cc4ccncc4s3)cc2)c(C)c1. The molecule has 164 valence electrons. The lowest BCUT2D eigenvalue weighted by molar-refractivity contribution is 0.0955. The standard InChI is InChI=1S/C24H22N2O4S2/c1-3-30-19-6-9-23(16(2)12-19)32(28,29)20-7-4-17(5-8-20)14-26-24(27)21-13-18-10-11-25-15-22(18)31-21/h4-13,15H,3,14H2,1-2H3,(H,26,27). The number of benzene rings is 2. The molecule has 2 heterocycles. The Balaban J connectivity index is 1.46. The fourth-order valence-electron chi connectivity index (χ4n) is 3.36. The summed E-state index contributed by atoms with van der Waals surface area (Å²) in [5.74, 6) is 0.470. The van der Waals surface area contributed by atoms with Crippen LogP contribution < -0.4 is 10.1 Å². The van der Waals surface area contributed by atoms with E-state index in [1.807, 2.05) is 19.1 Å². The van der Waals surface area contributed by atoms with Gasteiger partial charge in [0.15, 0.2) is 0 Å². The average Bonchev–Trinajstić information content (AvgIpc) is 3.22. The maximum absolute atomic E-state index is 13.1. The van der Waals surface area contributed by atoms with Crippen LogP contribution in [0.15, 0.2) is 76.8 Å². The first-order valence-electron chi connectivity index (χ1n) is 10.1. The van der Waals surface area contributed by atoms with E-state index in [9.17, 15) is 13.2 Å². The number of hydrogen-bond acceptors (Lipinski definition) is 6. The van der Waals surface area contributed by atoms with Gasteiger partial charge in [-0.25, -0.2) is 8.42 Å². The van der Waals surface area contributed by atoms with Crippen molar-refractivity contribution in [1.82, 2.24) is 10.3 Å². The van der Waals surface area contributed by atoms with Crippen molar-refractivity contribution in [2.75, 3.05) is 6.61 Å². The molecule has 4 rings (SSSR count). The molecule has 6 nitrogen and oxygen atoms in total. The zero-order valence-corrected chi connectivity index (χ0v) is 19.3. The van der Waals surface area contributed by atoms with E-state index >= 15 is 0 Å². The Kier molecular flexibility index (Phi) is 6.25. The summed E-state index contributed by atoms with van der Waals surface area (Å²) in [5, 5.41) is 3.86. The van der Waals surface area contributed by atoms with Crippen molar-refractivity contribution in [1.29, 1.82) is 0 Å². The van der Waals surface area contributed by atoms with E-state index in [1.54, 1.807) is 61.8 Å². The van der Waals surface area contributed by atoms with Gasteiger partial charge in [-0.15, -0.1) is 11.3 Å². The summed E-state index contributed by atoms with van der Waals surface area (Å²) in [4.78, 5) is 17.6. The molecule has 2 aromatic heterocycles. The highest BCUT2D eigenvalue weighted by atomic mass is 32.2. The van der Waals surface area contributed by atoms with E-state index < -0.39 is 9.84 Å². The summed E-state index contributed by atoms with van der Waals surface area (Å²) in [6.07, 6.45) is 3.43. The van der Waals surface area contributed by atoms with E-state index in [-0.39, 0.29) is 15.7 Å². The van der Waals surface area contributed by atoms with E-state index in [0.717, 1.165) is 15.6 Å². The van der Waals surface area contributed by atoms with Crippen LogP contribution in [-0.4, -0.2) is 25.9 Å². The van der Waals surface area contributed by atoms with Crippen LogP contribution in [0.1, 0.15) is 27.7 Å². The number of pyridine rings is 1. The first-order valence-corrected chi connectivity index (χ1v) is 12.4. The number of nitrogens with one attached hydrogen (secondary N) is 1. The van der Waals surface area contributed by atoms with Gasteiger partial charge in [-0.1, -0.05) is 12.1 Å². The topological polar surface area (TPSA) is 85.4 Å². The zero-order valence-electron chi connectivity index (χ0n) is 17.7. The zero-order chi connectivity index (χ0) is 22.7. The van der Waals surface area contributed by atoms with Crippen molar-refractivity contribution >= 4 is 37.2 Å². The summed E-state index contributed by atoms with van der Waals surface area (Å²) in [7, 11) is -3.65. The average molecular weight is 467 g/mol. The van der Waals surface area contributed by atoms with Gasteiger partial charge in [-0.05, 0) is 72.8 Å². The minimum absolute atomic E-state index is 0.173. The second kappa shape index (κ2) is 9.10. The van der Waals surface area contributed by atoms with Crippen molar-refractivity contribution in [2.45, 2.75) is 30.2 Å². The van der Waals surface area contributed by atoms with E-state index in [1.165, 1.54) is 11.3 Å². The lowest BCUT2D eigenvalue weighted by atomic mass is 10.2. The van der Waals surface area contributed by atoms with Crippen molar-refractivity contribution in [3.8, 4) is 5.75 Å². The summed E-state index contributed by atoms with van der Waals surface area (Å²) in [6.45, 7) is 4.45. The van der Waals surface area contributed by atoms with Crippen LogP contribution in [0.5, 0.6) is 5.75 Å². The molecule has 2 aromatic carbocycles. The molecule has 0 aliphatic carbocycles. The van der Waals surface area contributed by atoms with Gasteiger partial charge >= 0.3 is 0 Å². The van der Waals surface area contributed by atoms with Gasteiger partial charge in [0.05, 0.1) is 26.0 Å². The molecule has 0 bridgehead atoms. The van der Waals surface area contributed by atoms with Gasteiger partial charge in [0.1, 0.15) is 5.75 Å². The molecule has 4 aromatic rings. The quantitative estimate of drug-likeness (QED) is 0.424. The smallest absolute Gasteiger partial charge is 0.261 e. The van der Waals surface area contributed by atoms with Gasteiger partial charge < -0.3 is 10.1 Å². The Morgan fingerprint density at radius 2 is 1.88 bits per heavy atom. The third-order valence-corrected chi connectivity index (χ3v) is 7.99. The predicted molar refractivity (Wildman–Crippen MR) is 125 cm³/mol. The monoisotopic (exact) mass is 466 g/mol. The molecular formula is C24H22N2O4S2. The fourth-order valence-corrected chi connectivity index (χ4v) is 5.78. The fraction of sp³-hybridized carbons (Fsp3) is 0.167. The second-order valence-electron chi connectivity index (χ2n) is 7.21. The number of thiophene rings is 1. The normalized spacial score (nSPS) is 11.4. The van der Waals surface area contributed by atoms with Crippen LogP contribution in [0.25, 0.3) is 10.1 Å². The number of rotatable bonds is 7. The molecule has 0 atom stereocenters. The first-order chi connectivity index (χ1) is 15.4. The largest absolute Gasteiger partial charge is 0.494 e. The molecule has 0 radical (unpaired) electrons. The van der Waals surface area contributed by atoms with E-state index in [0.29, 0.717) is 29.3 Å². The van der Waals surface area contributed by atoms with Crippen molar-refractivity contribution < 1.29 is 17.9 Å². The predicted octanol–water partition coefficient (Wildman–Crippen LogP) is 4.77. The Hall–Kier alpha value is -3.23. The molecule has 1 amide bonds. The highest BCUT2D eigenvalue weighted by Crippen LogP contribution is 2.27. The molecule has 0 aliphatic heterocycles. The number of fused-ring (bicyclic) bond motifs is 1. The Labute approximate surface area is 190 Å². The van der Waals surface area contributed by atoms with Crippen molar-refractivity contribution in [2.24, 2.45) is 0 Å². The van der Waals surface area contributed by atoms with E-state index in [2.05, 4.69) is 10.3 Å². The minimum atomic E-state index is -3.65. The summed E-state index contributed by atoms with van der Waals surface area (Å²) >= 11 is 1.39. The van der Waals surface area contributed by atoms with Crippen molar-refractivity contribution in [3.63, 3.8) is 0 Å². The van der Waals surface area contributed by atoms with Gasteiger partial charge in [0.25, 0.3) is 5.91 Å². The maximum atomic E-state index is 13.1. The number of carbonyl (C=O) groups excluding carboxylic acids is 1. The molecule has 0 saturated carbocycles. The molecule has 1 N–H and O–H groups in total. The number of amides is 1. The number of carbonyl (C=O) groups is 1. The van der Waals surface area contributed by atoms with Gasteiger partial charge in [0, 0.05) is 18.9 Å². The van der Waals surface area contributed by atoms with Gasteiger partial charge in [-0.2, -0.15) is 0 Å². The molecular weight excluding hydrogens is 444 g/mol. The minimum Gasteiger partial charge on any atom is -0.494 e. The summed E-state index contributed by atoms with van der Waals surface area (Å²) < 4.78 is 32.5. The van der Waals surface area contributed by atoms with Gasteiger partial charge in [-0.3, -0.25) is 9.78 Å². The summed E-state index contributed by atoms with van der Waals surface area (Å²) in [5.41, 5.74) is 1.44. The molecule has 0 saturated heterocycles. The lowest BCUT2D eigenvalue weighted by Crippen LogP contribution is -2.21. The van der Waals surface area contributed by atoms with Crippen LogP contribution in [0, 0.1) is 6.92 Å². The lowest BCUT2D eigenvalue weighted by Gasteiger charge is -2.11. The molecule has 0 aliphatic rings.